The molecular weight excluding hydrogens is 358 g/mol. The summed E-state index contributed by atoms with van der Waals surface area (Å²) in [6.45, 7) is 2.62. The minimum absolute atomic E-state index is 0.0438. The molecule has 2 heterocycles. The van der Waals surface area contributed by atoms with E-state index in [4.69, 9.17) is 11.1 Å². The molecule has 2 atom stereocenters. The molecule has 1 aliphatic rings. The van der Waals surface area contributed by atoms with Gasteiger partial charge in [0.15, 0.2) is 5.96 Å². The van der Waals surface area contributed by atoms with Gasteiger partial charge in [0.1, 0.15) is 0 Å². The van der Waals surface area contributed by atoms with Crippen molar-refractivity contribution in [2.24, 2.45) is 0 Å². The molecule has 138 valence electrons. The molecule has 1 saturated heterocycles. The molecule has 0 spiro atoms. The van der Waals surface area contributed by atoms with Gasteiger partial charge >= 0.3 is 0 Å². The lowest BCUT2D eigenvalue weighted by atomic mass is 9.76. The first-order chi connectivity index (χ1) is 12.0. The van der Waals surface area contributed by atoms with Gasteiger partial charge in [-0.1, -0.05) is 18.2 Å². The van der Waals surface area contributed by atoms with E-state index in [1.165, 1.54) is 41.5 Å². The van der Waals surface area contributed by atoms with E-state index < -0.39 is 17.4 Å². The van der Waals surface area contributed by atoms with Crippen molar-refractivity contribution in [3.8, 4) is 0 Å². The van der Waals surface area contributed by atoms with Crippen LogP contribution in [0.5, 0.6) is 0 Å². The summed E-state index contributed by atoms with van der Waals surface area (Å²) in [4.78, 5) is 15.0. The van der Waals surface area contributed by atoms with E-state index in [9.17, 15) is 13.6 Å². The lowest BCUT2D eigenvalue weighted by molar-refractivity contribution is -0.131. The van der Waals surface area contributed by atoms with E-state index in [2.05, 4.69) is 5.32 Å². The molecule has 0 bridgehead atoms. The molecule has 0 aliphatic carbocycles. The monoisotopic (exact) mass is 378 g/mol. The molecule has 4 N–H and O–H groups in total. The van der Waals surface area contributed by atoms with Crippen molar-refractivity contribution in [2.45, 2.75) is 31.2 Å². The van der Waals surface area contributed by atoms with Gasteiger partial charge in [-0.25, -0.2) is 8.78 Å². The Hall–Kier alpha value is -2.48. The van der Waals surface area contributed by atoms with Gasteiger partial charge in [0.25, 0.3) is 5.92 Å². The van der Waals surface area contributed by atoms with Gasteiger partial charge in [0.2, 0.25) is 5.91 Å². The Bertz CT molecular complexity index is 876. The number of alkyl halides is 2. The van der Waals surface area contributed by atoms with Crippen LogP contribution in [0.25, 0.3) is 0 Å². The molecule has 0 unspecified atom stereocenters. The fourth-order valence-electron chi connectivity index (χ4n) is 3.26. The van der Waals surface area contributed by atoms with Crippen LogP contribution in [0, 0.1) is 5.41 Å². The topological polar surface area (TPSA) is 82.2 Å². The predicted octanol–water partition coefficient (Wildman–Crippen LogP) is 3.44. The van der Waals surface area contributed by atoms with Crippen molar-refractivity contribution in [2.75, 3.05) is 12.8 Å². The van der Waals surface area contributed by atoms with Crippen molar-refractivity contribution >= 4 is 28.2 Å². The van der Waals surface area contributed by atoms with E-state index in [0.717, 1.165) is 11.8 Å². The lowest BCUT2D eigenvalue weighted by Crippen LogP contribution is -2.62. The SMILES string of the molecule is CN1C(=N)N[C@](C)(c2ccc(N)s2)[C@@H](c2cccc(C(C)(F)F)c2)C1=O. The van der Waals surface area contributed by atoms with E-state index in [1.807, 2.05) is 0 Å². The van der Waals surface area contributed by atoms with Gasteiger partial charge in [-0.3, -0.25) is 15.1 Å². The molecular formula is C18H20F2N4OS. The number of amides is 1. The number of nitrogens with one attached hydrogen (secondary N) is 2. The van der Waals surface area contributed by atoms with Crippen LogP contribution in [-0.4, -0.2) is 23.8 Å². The maximum atomic E-state index is 13.8. The number of nitrogen functional groups attached to an aromatic ring is 1. The number of likely N-dealkylation sites (N-methyl/N-ethyl adjacent to an activating group) is 1. The third-order valence-corrected chi connectivity index (χ3v) is 5.89. The van der Waals surface area contributed by atoms with Crippen LogP contribution in [-0.2, 0) is 16.3 Å². The summed E-state index contributed by atoms with van der Waals surface area (Å²) < 4.78 is 27.6. The number of carbonyl (C=O) groups excluding carboxylic acids is 1. The molecule has 26 heavy (non-hydrogen) atoms. The number of thiophene rings is 1. The summed E-state index contributed by atoms with van der Waals surface area (Å²) >= 11 is 1.31. The molecule has 1 aromatic carbocycles. The zero-order chi connectivity index (χ0) is 19.3. The van der Waals surface area contributed by atoms with Gasteiger partial charge in [-0.15, -0.1) is 11.3 Å². The minimum atomic E-state index is -3.01. The van der Waals surface area contributed by atoms with Gasteiger partial charge in [-0.2, -0.15) is 0 Å². The quantitative estimate of drug-likeness (QED) is 0.765. The summed E-state index contributed by atoms with van der Waals surface area (Å²) in [5, 5.41) is 11.7. The van der Waals surface area contributed by atoms with Crippen LogP contribution in [0.2, 0.25) is 0 Å². The maximum Gasteiger partial charge on any atom is 0.270 e. The van der Waals surface area contributed by atoms with Crippen LogP contribution in [0.1, 0.15) is 35.8 Å². The van der Waals surface area contributed by atoms with Gasteiger partial charge in [-0.05, 0) is 30.7 Å². The summed E-state index contributed by atoms with van der Waals surface area (Å²) in [5.41, 5.74) is 5.20. The Kier molecular flexibility index (Phi) is 4.26. The third kappa shape index (κ3) is 2.94. The normalized spacial score (nSPS) is 23.9. The highest BCUT2D eigenvalue weighted by molar-refractivity contribution is 7.16. The lowest BCUT2D eigenvalue weighted by Gasteiger charge is -2.45. The van der Waals surface area contributed by atoms with Crippen LogP contribution in [0.15, 0.2) is 36.4 Å². The van der Waals surface area contributed by atoms with E-state index >= 15 is 0 Å². The van der Waals surface area contributed by atoms with E-state index in [-0.39, 0.29) is 17.4 Å². The van der Waals surface area contributed by atoms with E-state index in [0.29, 0.717) is 10.6 Å². The van der Waals surface area contributed by atoms with Crippen LogP contribution >= 0.6 is 11.3 Å². The standard InChI is InChI=1S/C18H20F2N4OS/c1-17(12-7-8-13(21)26-12)14(15(25)24(3)16(22)23-17)10-5-4-6-11(9-10)18(2,19)20/h4-9,14H,21H2,1-3H3,(H2,22,23)/t14-,17+/m0/s1. The van der Waals surface area contributed by atoms with Crippen molar-refractivity contribution in [1.82, 2.24) is 10.2 Å². The number of rotatable bonds is 3. The summed E-state index contributed by atoms with van der Waals surface area (Å²) in [5.74, 6) is -4.16. The second-order valence-electron chi connectivity index (χ2n) is 6.72. The fourth-order valence-corrected chi connectivity index (χ4v) is 4.16. The van der Waals surface area contributed by atoms with Crippen molar-refractivity contribution < 1.29 is 13.6 Å². The molecule has 0 radical (unpaired) electrons. The summed E-state index contributed by atoms with van der Waals surface area (Å²) in [7, 11) is 1.49. The fraction of sp³-hybridized carbons (Fsp3) is 0.333. The number of halogens is 2. The number of nitrogens with two attached hydrogens (primary N) is 1. The minimum Gasteiger partial charge on any atom is -0.391 e. The van der Waals surface area contributed by atoms with Crippen molar-refractivity contribution in [3.05, 3.63) is 52.4 Å². The molecule has 0 saturated carbocycles. The molecule has 1 aliphatic heterocycles. The van der Waals surface area contributed by atoms with Crippen molar-refractivity contribution in [3.63, 3.8) is 0 Å². The Morgan fingerprint density at radius 1 is 1.35 bits per heavy atom. The average molecular weight is 378 g/mol. The number of hydrogen-bond donors (Lipinski definition) is 3. The summed E-state index contributed by atoms with van der Waals surface area (Å²) in [6.07, 6.45) is 0. The van der Waals surface area contributed by atoms with Crippen LogP contribution in [0.4, 0.5) is 13.8 Å². The molecule has 2 aromatic rings. The number of benzene rings is 1. The maximum absolute atomic E-state index is 13.8. The van der Waals surface area contributed by atoms with Gasteiger partial charge in [0.05, 0.1) is 16.5 Å². The number of hydrogen-bond acceptors (Lipinski definition) is 4. The van der Waals surface area contributed by atoms with Gasteiger partial charge < -0.3 is 11.1 Å². The highest BCUT2D eigenvalue weighted by Gasteiger charge is 2.49. The second kappa shape index (κ2) is 6.05. The Balaban J connectivity index is 2.17. The van der Waals surface area contributed by atoms with Crippen molar-refractivity contribution in [1.29, 1.82) is 5.41 Å². The molecule has 8 heteroatoms. The smallest absolute Gasteiger partial charge is 0.270 e. The largest absolute Gasteiger partial charge is 0.391 e. The predicted molar refractivity (Wildman–Crippen MR) is 98.5 cm³/mol. The first-order valence-corrected chi connectivity index (χ1v) is 8.84. The number of carbonyl (C=O) groups is 1. The number of nitrogens with zero attached hydrogens (tertiary/aromatic N) is 1. The molecule has 1 amide bonds. The first-order valence-electron chi connectivity index (χ1n) is 8.02. The molecule has 3 rings (SSSR count). The highest BCUT2D eigenvalue weighted by Crippen LogP contribution is 2.44. The second-order valence-corrected chi connectivity index (χ2v) is 7.84. The molecule has 5 nitrogen and oxygen atoms in total. The number of anilines is 1. The molecule has 1 aromatic heterocycles. The highest BCUT2D eigenvalue weighted by atomic mass is 32.1. The molecule has 1 fully saturated rings. The van der Waals surface area contributed by atoms with E-state index in [1.54, 1.807) is 25.1 Å². The van der Waals surface area contributed by atoms with Crippen LogP contribution < -0.4 is 11.1 Å². The Morgan fingerprint density at radius 3 is 2.62 bits per heavy atom. The number of guanidine groups is 1. The first kappa shape index (κ1) is 18.3. The van der Waals surface area contributed by atoms with Crippen LogP contribution in [0.3, 0.4) is 0 Å². The summed E-state index contributed by atoms with van der Waals surface area (Å²) in [6, 6.07) is 9.42. The Morgan fingerprint density at radius 2 is 2.04 bits per heavy atom. The Labute approximate surface area is 154 Å². The third-order valence-electron chi connectivity index (χ3n) is 4.73. The zero-order valence-electron chi connectivity index (χ0n) is 14.6. The zero-order valence-corrected chi connectivity index (χ0v) is 15.5. The average Bonchev–Trinajstić information content (AvgIpc) is 3.00. The van der Waals surface area contributed by atoms with Gasteiger partial charge in [0, 0.05) is 24.4 Å².